The maximum Gasteiger partial charge on any atom is 0.233 e. The summed E-state index contributed by atoms with van der Waals surface area (Å²) in [7, 11) is 0. The van der Waals surface area contributed by atoms with Crippen molar-refractivity contribution in [3.05, 3.63) is 71.8 Å². The average molecular weight is 305 g/mol. The lowest BCUT2D eigenvalue weighted by atomic mass is 9.99. The lowest BCUT2D eigenvalue weighted by Gasteiger charge is -2.19. The molecule has 0 aliphatic rings. The zero-order chi connectivity index (χ0) is 14.2. The van der Waals surface area contributed by atoms with Crippen LogP contribution in [-0.4, -0.2) is 18.5 Å². The van der Waals surface area contributed by atoms with Gasteiger partial charge in [0.2, 0.25) is 5.91 Å². The van der Waals surface area contributed by atoms with Crippen LogP contribution >= 0.6 is 12.4 Å². The summed E-state index contributed by atoms with van der Waals surface area (Å²) in [6, 6.07) is 20.4. The number of carbonyl (C=O) groups is 1. The summed E-state index contributed by atoms with van der Waals surface area (Å²) in [6.07, 6.45) is 1.61. The van der Waals surface area contributed by atoms with Crippen LogP contribution in [0, 0.1) is 0 Å². The first-order valence-corrected chi connectivity index (χ1v) is 6.85. The molecule has 4 heteroatoms. The van der Waals surface area contributed by atoms with Gasteiger partial charge in [-0.2, -0.15) is 0 Å². The Morgan fingerprint density at radius 1 is 0.905 bits per heavy atom. The molecule has 0 heterocycles. The van der Waals surface area contributed by atoms with Crippen molar-refractivity contribution in [2.24, 2.45) is 5.73 Å². The number of carbonyl (C=O) groups excluding carboxylic acids is 1. The van der Waals surface area contributed by atoms with E-state index in [9.17, 15) is 4.79 Å². The number of amides is 1. The molecule has 0 aromatic heterocycles. The molecule has 0 saturated carbocycles. The van der Waals surface area contributed by atoms with Crippen molar-refractivity contribution >= 4 is 18.3 Å². The molecule has 3 nitrogen and oxygen atoms in total. The molecule has 2 aromatic carbocycles. The fourth-order valence-electron chi connectivity index (χ4n) is 2.26. The SMILES string of the molecule is Cl.NCC(=O)NC(Cc1ccccc1)Cc1ccccc1. The number of benzene rings is 2. The number of nitrogens with one attached hydrogen (secondary N) is 1. The summed E-state index contributed by atoms with van der Waals surface area (Å²) in [5, 5.41) is 3.00. The summed E-state index contributed by atoms with van der Waals surface area (Å²) in [5.41, 5.74) is 7.82. The van der Waals surface area contributed by atoms with E-state index in [1.807, 2.05) is 36.4 Å². The first-order chi connectivity index (χ1) is 9.78. The zero-order valence-corrected chi connectivity index (χ0v) is 12.7. The van der Waals surface area contributed by atoms with E-state index in [-0.39, 0.29) is 30.9 Å². The molecule has 1 amide bonds. The number of hydrogen-bond donors (Lipinski definition) is 2. The Labute approximate surface area is 132 Å². The highest BCUT2D eigenvalue weighted by atomic mass is 35.5. The third kappa shape index (κ3) is 5.98. The third-order valence-electron chi connectivity index (χ3n) is 3.20. The molecule has 0 aliphatic carbocycles. The molecule has 0 fully saturated rings. The van der Waals surface area contributed by atoms with E-state index in [4.69, 9.17) is 5.73 Å². The van der Waals surface area contributed by atoms with Gasteiger partial charge in [-0.3, -0.25) is 4.79 Å². The van der Waals surface area contributed by atoms with Crippen molar-refractivity contribution in [1.82, 2.24) is 5.32 Å². The van der Waals surface area contributed by atoms with Crippen LogP contribution in [0.3, 0.4) is 0 Å². The largest absolute Gasteiger partial charge is 0.352 e. The molecule has 0 radical (unpaired) electrons. The fraction of sp³-hybridized carbons (Fsp3) is 0.235. The van der Waals surface area contributed by atoms with Gasteiger partial charge in [-0.05, 0) is 24.0 Å². The summed E-state index contributed by atoms with van der Waals surface area (Å²) in [5.74, 6) is -0.109. The van der Waals surface area contributed by atoms with Crippen molar-refractivity contribution in [2.45, 2.75) is 18.9 Å². The van der Waals surface area contributed by atoms with Crippen LogP contribution in [0.1, 0.15) is 11.1 Å². The Kier molecular flexibility index (Phi) is 7.51. The molecule has 2 aromatic rings. The van der Waals surface area contributed by atoms with Gasteiger partial charge in [0.15, 0.2) is 0 Å². The minimum Gasteiger partial charge on any atom is -0.352 e. The first kappa shape index (κ1) is 17.2. The predicted octanol–water partition coefficient (Wildman–Crippen LogP) is 2.34. The van der Waals surface area contributed by atoms with Crippen molar-refractivity contribution in [3.63, 3.8) is 0 Å². The van der Waals surface area contributed by atoms with Crippen LogP contribution in [0.25, 0.3) is 0 Å². The van der Waals surface area contributed by atoms with Gasteiger partial charge in [-0.15, -0.1) is 12.4 Å². The molecule has 2 rings (SSSR count). The van der Waals surface area contributed by atoms with E-state index in [1.54, 1.807) is 0 Å². The number of hydrogen-bond acceptors (Lipinski definition) is 2. The van der Waals surface area contributed by atoms with Crippen LogP contribution in [0.4, 0.5) is 0 Å². The monoisotopic (exact) mass is 304 g/mol. The second kappa shape index (κ2) is 9.16. The van der Waals surface area contributed by atoms with E-state index < -0.39 is 0 Å². The van der Waals surface area contributed by atoms with Gasteiger partial charge in [-0.25, -0.2) is 0 Å². The second-order valence-corrected chi connectivity index (χ2v) is 4.85. The van der Waals surface area contributed by atoms with Crippen molar-refractivity contribution in [2.75, 3.05) is 6.54 Å². The topological polar surface area (TPSA) is 55.1 Å². The minimum atomic E-state index is -0.109. The molecule has 0 bridgehead atoms. The zero-order valence-electron chi connectivity index (χ0n) is 11.9. The standard InChI is InChI=1S/C17H20N2O.ClH/c18-13-17(20)19-16(11-14-7-3-1-4-8-14)12-15-9-5-2-6-10-15;/h1-10,16H,11-13,18H2,(H,19,20);1H. The van der Waals surface area contributed by atoms with Crippen LogP contribution < -0.4 is 11.1 Å². The molecule has 0 unspecified atom stereocenters. The van der Waals surface area contributed by atoms with Crippen molar-refractivity contribution < 1.29 is 4.79 Å². The Morgan fingerprint density at radius 2 is 1.33 bits per heavy atom. The molecule has 112 valence electrons. The quantitative estimate of drug-likeness (QED) is 0.860. The van der Waals surface area contributed by atoms with Crippen LogP contribution in [0.2, 0.25) is 0 Å². The van der Waals surface area contributed by atoms with Crippen LogP contribution in [0.15, 0.2) is 60.7 Å². The number of nitrogens with two attached hydrogens (primary N) is 1. The van der Waals surface area contributed by atoms with E-state index in [0.29, 0.717) is 0 Å². The van der Waals surface area contributed by atoms with E-state index in [2.05, 4.69) is 29.6 Å². The number of rotatable bonds is 6. The van der Waals surface area contributed by atoms with Crippen LogP contribution in [-0.2, 0) is 17.6 Å². The molecule has 0 saturated heterocycles. The van der Waals surface area contributed by atoms with Gasteiger partial charge in [0.05, 0.1) is 6.54 Å². The molecule has 0 spiro atoms. The van der Waals surface area contributed by atoms with Gasteiger partial charge >= 0.3 is 0 Å². The lowest BCUT2D eigenvalue weighted by Crippen LogP contribution is -2.41. The van der Waals surface area contributed by atoms with E-state index in [0.717, 1.165) is 12.8 Å². The van der Waals surface area contributed by atoms with Crippen molar-refractivity contribution in [1.29, 1.82) is 0 Å². The molecule has 0 aliphatic heterocycles. The second-order valence-electron chi connectivity index (χ2n) is 4.85. The fourth-order valence-corrected chi connectivity index (χ4v) is 2.26. The highest BCUT2D eigenvalue weighted by Gasteiger charge is 2.12. The summed E-state index contributed by atoms with van der Waals surface area (Å²) in [4.78, 5) is 11.6. The molecule has 0 atom stereocenters. The van der Waals surface area contributed by atoms with Gasteiger partial charge in [0.1, 0.15) is 0 Å². The Balaban J connectivity index is 0.00000220. The van der Waals surface area contributed by atoms with E-state index >= 15 is 0 Å². The summed E-state index contributed by atoms with van der Waals surface area (Å²) < 4.78 is 0. The lowest BCUT2D eigenvalue weighted by molar-refractivity contribution is -0.120. The normalized spacial score (nSPS) is 10.0. The smallest absolute Gasteiger partial charge is 0.233 e. The molecule has 3 N–H and O–H groups in total. The summed E-state index contributed by atoms with van der Waals surface area (Å²) in [6.45, 7) is 0.0279. The number of halogens is 1. The van der Waals surface area contributed by atoms with Gasteiger partial charge in [0, 0.05) is 6.04 Å². The highest BCUT2D eigenvalue weighted by Crippen LogP contribution is 2.09. The first-order valence-electron chi connectivity index (χ1n) is 6.85. The predicted molar refractivity (Wildman–Crippen MR) is 88.5 cm³/mol. The third-order valence-corrected chi connectivity index (χ3v) is 3.20. The molecule has 21 heavy (non-hydrogen) atoms. The summed E-state index contributed by atoms with van der Waals surface area (Å²) >= 11 is 0. The Hall–Kier alpha value is -1.84. The molecular weight excluding hydrogens is 284 g/mol. The highest BCUT2D eigenvalue weighted by molar-refractivity contribution is 5.85. The minimum absolute atomic E-state index is 0. The average Bonchev–Trinajstić information content (AvgIpc) is 2.49. The molecular formula is C17H21ClN2O. The van der Waals surface area contributed by atoms with Crippen LogP contribution in [0.5, 0.6) is 0 Å². The van der Waals surface area contributed by atoms with E-state index in [1.165, 1.54) is 11.1 Å². The van der Waals surface area contributed by atoms with Gasteiger partial charge in [0.25, 0.3) is 0 Å². The Morgan fingerprint density at radius 3 is 1.71 bits per heavy atom. The van der Waals surface area contributed by atoms with Crippen molar-refractivity contribution in [3.8, 4) is 0 Å². The van der Waals surface area contributed by atoms with Gasteiger partial charge < -0.3 is 11.1 Å². The maximum absolute atomic E-state index is 11.6. The van der Waals surface area contributed by atoms with Gasteiger partial charge in [-0.1, -0.05) is 60.7 Å². The maximum atomic E-state index is 11.6. The Bertz CT molecular complexity index is 490.